The van der Waals surface area contributed by atoms with Crippen LogP contribution in [0, 0.1) is 17.7 Å². The first-order valence-corrected chi connectivity index (χ1v) is 15.7. The molecule has 0 radical (unpaired) electrons. The Kier molecular flexibility index (Phi) is 9.64. The Bertz CT molecular complexity index is 1580. The average molecular weight is 620 g/mol. The quantitative estimate of drug-likeness (QED) is 0.200. The number of piperidine rings is 2. The fourth-order valence-corrected chi connectivity index (χ4v) is 6.06. The number of halogens is 2. The Morgan fingerprint density at radius 2 is 1.89 bits per heavy atom. The van der Waals surface area contributed by atoms with Crippen molar-refractivity contribution in [3.8, 4) is 17.2 Å². The van der Waals surface area contributed by atoms with E-state index >= 15 is 0 Å². The molecule has 2 aliphatic heterocycles. The summed E-state index contributed by atoms with van der Waals surface area (Å²) in [5, 5.41) is 8.09. The van der Waals surface area contributed by atoms with E-state index in [0.717, 1.165) is 73.3 Å². The van der Waals surface area contributed by atoms with Crippen LogP contribution in [0.25, 0.3) is 10.9 Å². The van der Waals surface area contributed by atoms with Gasteiger partial charge in [0, 0.05) is 30.9 Å². The number of anilines is 2. The second kappa shape index (κ2) is 14.0. The van der Waals surface area contributed by atoms with E-state index in [1.165, 1.54) is 12.1 Å². The summed E-state index contributed by atoms with van der Waals surface area (Å²) in [5.74, 6) is 3.32. The van der Waals surface area contributed by atoms with Gasteiger partial charge in [-0.05, 0) is 87.1 Å². The van der Waals surface area contributed by atoms with E-state index in [1.54, 1.807) is 24.5 Å². The van der Waals surface area contributed by atoms with Crippen molar-refractivity contribution in [3.05, 3.63) is 77.3 Å². The maximum atomic E-state index is 13.6. The molecule has 2 atom stereocenters. The van der Waals surface area contributed by atoms with Crippen LogP contribution >= 0.6 is 11.6 Å². The molecule has 0 spiro atoms. The number of benzene rings is 3. The Morgan fingerprint density at radius 3 is 2.68 bits per heavy atom. The molecule has 8 nitrogen and oxygen atoms in total. The minimum absolute atomic E-state index is 0.0890. The molecule has 2 unspecified atom stereocenters. The van der Waals surface area contributed by atoms with E-state index in [0.29, 0.717) is 40.8 Å². The van der Waals surface area contributed by atoms with Gasteiger partial charge in [-0.1, -0.05) is 30.7 Å². The molecular formula is C34H39ClFN5O3. The van der Waals surface area contributed by atoms with Crippen molar-refractivity contribution >= 4 is 34.0 Å². The number of likely N-dealkylation sites (tertiary alicyclic amines) is 1. The number of hydrogen-bond donors (Lipinski definition) is 2. The Balaban J connectivity index is 1.24. The minimum atomic E-state index is -0.303. The van der Waals surface area contributed by atoms with E-state index in [1.807, 2.05) is 24.3 Å². The standard InChI is InChI=1S/C34H39ClFN5O3/c1-22-18-37-11-8-24(22)20-42-28-16-30-33(32(17-28)44-27-9-12-41(2)13-10-27)34(39-21-38-30)40-26-6-7-31(29(35)15-26)43-19-23-4-3-5-25(36)14-23/h3-7,14-17,21-22,24,27,37H,8-13,18-20H2,1-2H3,(H,38,39,40). The summed E-state index contributed by atoms with van der Waals surface area (Å²) in [7, 11) is 2.14. The zero-order valence-electron chi connectivity index (χ0n) is 25.2. The van der Waals surface area contributed by atoms with E-state index in [9.17, 15) is 4.39 Å². The highest BCUT2D eigenvalue weighted by atomic mass is 35.5. The molecule has 2 saturated heterocycles. The fourth-order valence-electron chi connectivity index (χ4n) is 5.82. The third-order valence-electron chi connectivity index (χ3n) is 8.54. The van der Waals surface area contributed by atoms with Crippen molar-refractivity contribution in [1.82, 2.24) is 20.2 Å². The lowest BCUT2D eigenvalue weighted by molar-refractivity contribution is 0.115. The van der Waals surface area contributed by atoms with Crippen LogP contribution in [0.15, 0.2) is 60.9 Å². The molecule has 2 fully saturated rings. The Hall–Kier alpha value is -3.66. The predicted octanol–water partition coefficient (Wildman–Crippen LogP) is 6.84. The number of nitrogens with zero attached hydrogens (tertiary/aromatic N) is 3. The summed E-state index contributed by atoms with van der Waals surface area (Å²) in [5.41, 5.74) is 2.20. The van der Waals surface area contributed by atoms with Gasteiger partial charge in [0.15, 0.2) is 0 Å². The van der Waals surface area contributed by atoms with Crippen LogP contribution in [-0.2, 0) is 6.61 Å². The van der Waals surface area contributed by atoms with Crippen molar-refractivity contribution < 1.29 is 18.6 Å². The molecule has 44 heavy (non-hydrogen) atoms. The van der Waals surface area contributed by atoms with Gasteiger partial charge in [-0.3, -0.25) is 0 Å². The molecule has 0 amide bonds. The van der Waals surface area contributed by atoms with Crippen LogP contribution in [0.2, 0.25) is 5.02 Å². The molecule has 0 bridgehead atoms. The summed E-state index contributed by atoms with van der Waals surface area (Å²) in [6, 6.07) is 15.7. The van der Waals surface area contributed by atoms with E-state index in [4.69, 9.17) is 25.8 Å². The maximum absolute atomic E-state index is 13.6. The highest BCUT2D eigenvalue weighted by Gasteiger charge is 2.24. The number of aromatic nitrogens is 2. The van der Waals surface area contributed by atoms with Gasteiger partial charge in [-0.2, -0.15) is 0 Å². The lowest BCUT2D eigenvalue weighted by atomic mass is 9.89. The first-order valence-electron chi connectivity index (χ1n) is 15.3. The van der Waals surface area contributed by atoms with Gasteiger partial charge in [0.1, 0.15) is 47.9 Å². The number of ether oxygens (including phenoxy) is 3. The Labute approximate surface area is 262 Å². The largest absolute Gasteiger partial charge is 0.493 e. The first-order chi connectivity index (χ1) is 21.4. The van der Waals surface area contributed by atoms with Crippen LogP contribution in [0.5, 0.6) is 17.2 Å². The summed E-state index contributed by atoms with van der Waals surface area (Å²) in [6.45, 7) is 7.15. The normalized spacial score (nSPS) is 19.5. The van der Waals surface area contributed by atoms with Gasteiger partial charge in [-0.15, -0.1) is 0 Å². The smallest absolute Gasteiger partial charge is 0.145 e. The van der Waals surface area contributed by atoms with E-state index in [-0.39, 0.29) is 18.5 Å². The predicted molar refractivity (Wildman–Crippen MR) is 172 cm³/mol. The zero-order valence-corrected chi connectivity index (χ0v) is 25.9. The lowest BCUT2D eigenvalue weighted by Gasteiger charge is -2.30. The highest BCUT2D eigenvalue weighted by Crippen LogP contribution is 2.38. The van der Waals surface area contributed by atoms with Crippen molar-refractivity contribution in [2.24, 2.45) is 11.8 Å². The van der Waals surface area contributed by atoms with Crippen LogP contribution in [0.4, 0.5) is 15.9 Å². The third kappa shape index (κ3) is 7.52. The molecule has 0 saturated carbocycles. The summed E-state index contributed by atoms with van der Waals surface area (Å²) in [6.07, 6.45) is 4.62. The van der Waals surface area contributed by atoms with Crippen LogP contribution < -0.4 is 24.8 Å². The van der Waals surface area contributed by atoms with E-state index in [2.05, 4.69) is 39.5 Å². The molecule has 10 heteroatoms. The number of nitrogens with one attached hydrogen (secondary N) is 2. The molecular weight excluding hydrogens is 581 g/mol. The number of fused-ring (bicyclic) bond motifs is 1. The van der Waals surface area contributed by atoms with E-state index < -0.39 is 0 Å². The van der Waals surface area contributed by atoms with Crippen LogP contribution in [-0.4, -0.2) is 60.8 Å². The van der Waals surface area contributed by atoms with Crippen LogP contribution in [0.3, 0.4) is 0 Å². The topological polar surface area (TPSA) is 80.8 Å². The number of rotatable bonds is 10. The molecule has 2 N–H and O–H groups in total. The van der Waals surface area contributed by atoms with Crippen molar-refractivity contribution in [2.75, 3.05) is 45.2 Å². The molecule has 6 rings (SSSR count). The van der Waals surface area contributed by atoms with Crippen molar-refractivity contribution in [2.45, 2.75) is 38.9 Å². The second-order valence-electron chi connectivity index (χ2n) is 11.9. The van der Waals surface area contributed by atoms with Gasteiger partial charge >= 0.3 is 0 Å². The summed E-state index contributed by atoms with van der Waals surface area (Å²) < 4.78 is 32.4. The fraction of sp³-hybridized carbons (Fsp3) is 0.412. The molecule has 0 aliphatic carbocycles. The van der Waals surface area contributed by atoms with Gasteiger partial charge in [0.05, 0.1) is 22.5 Å². The minimum Gasteiger partial charge on any atom is -0.493 e. The average Bonchev–Trinajstić information content (AvgIpc) is 3.01. The molecule has 1 aromatic heterocycles. The first kappa shape index (κ1) is 30.4. The molecule has 2 aliphatic rings. The van der Waals surface area contributed by atoms with Gasteiger partial charge in [-0.25, -0.2) is 14.4 Å². The molecule has 232 valence electrons. The highest BCUT2D eigenvalue weighted by molar-refractivity contribution is 6.32. The maximum Gasteiger partial charge on any atom is 0.145 e. The SMILES string of the molecule is CC1CNCCC1COc1cc(OC2CCN(C)CC2)c2c(Nc3ccc(OCc4cccc(F)c4)c(Cl)c3)ncnc2c1. The Morgan fingerprint density at radius 1 is 1.02 bits per heavy atom. The monoisotopic (exact) mass is 619 g/mol. The van der Waals surface area contributed by atoms with Gasteiger partial charge in [0.25, 0.3) is 0 Å². The summed E-state index contributed by atoms with van der Waals surface area (Å²) in [4.78, 5) is 11.5. The van der Waals surface area contributed by atoms with Gasteiger partial charge < -0.3 is 29.7 Å². The molecule has 3 aromatic carbocycles. The van der Waals surface area contributed by atoms with Crippen LogP contribution in [0.1, 0.15) is 31.7 Å². The third-order valence-corrected chi connectivity index (χ3v) is 8.83. The second-order valence-corrected chi connectivity index (χ2v) is 12.3. The van der Waals surface area contributed by atoms with Crippen molar-refractivity contribution in [1.29, 1.82) is 0 Å². The lowest BCUT2D eigenvalue weighted by Crippen LogP contribution is -2.37. The summed E-state index contributed by atoms with van der Waals surface area (Å²) >= 11 is 6.59. The molecule has 3 heterocycles. The van der Waals surface area contributed by atoms with Gasteiger partial charge in [0.2, 0.25) is 0 Å². The van der Waals surface area contributed by atoms with Crippen molar-refractivity contribution in [3.63, 3.8) is 0 Å². The zero-order chi connectivity index (χ0) is 30.5. The molecule has 4 aromatic rings. The number of hydrogen-bond acceptors (Lipinski definition) is 8.